The predicted molar refractivity (Wildman–Crippen MR) is 93.1 cm³/mol. The zero-order valence-corrected chi connectivity index (χ0v) is 15.4. The lowest BCUT2D eigenvalue weighted by Gasteiger charge is -2.44. The molecule has 2 N–H and O–H groups in total. The van der Waals surface area contributed by atoms with E-state index in [0.717, 1.165) is 24.4 Å². The molecule has 4 rings (SSSR count). The quantitative estimate of drug-likeness (QED) is 0.714. The number of amides is 1. The van der Waals surface area contributed by atoms with Gasteiger partial charge in [-0.1, -0.05) is 6.92 Å². The molecule has 1 unspecified atom stereocenters. The fourth-order valence-electron chi connectivity index (χ4n) is 4.67. The number of carbonyl (C=O) groups excluding carboxylic acids is 1. The van der Waals surface area contributed by atoms with Crippen LogP contribution in [0.25, 0.3) is 0 Å². The van der Waals surface area contributed by atoms with Gasteiger partial charge in [0.1, 0.15) is 5.70 Å². The SMILES string of the molecule is CCC1=C2SCC(C3=C(C(=O)O)N4C(=O)[C@H]([C@@H](C)O)[C@H]4C3)N2CN1C. The smallest absolute Gasteiger partial charge is 0.352 e. The third-order valence-corrected chi connectivity index (χ3v) is 7.02. The van der Waals surface area contributed by atoms with Gasteiger partial charge in [0, 0.05) is 18.5 Å². The monoisotopic (exact) mass is 365 g/mol. The maximum absolute atomic E-state index is 12.4. The topological polar surface area (TPSA) is 84.3 Å². The summed E-state index contributed by atoms with van der Waals surface area (Å²) >= 11 is 1.77. The molecular formula is C17H23N3O4S. The van der Waals surface area contributed by atoms with E-state index in [4.69, 9.17) is 0 Å². The van der Waals surface area contributed by atoms with Crippen LogP contribution in [0, 0.1) is 5.92 Å². The molecular weight excluding hydrogens is 342 g/mol. The molecule has 4 aliphatic rings. The third-order valence-electron chi connectivity index (χ3n) is 5.79. The van der Waals surface area contributed by atoms with Crippen LogP contribution in [0.1, 0.15) is 26.7 Å². The summed E-state index contributed by atoms with van der Waals surface area (Å²) in [6.45, 7) is 4.49. The highest BCUT2D eigenvalue weighted by Gasteiger charge is 2.58. The van der Waals surface area contributed by atoms with Gasteiger partial charge in [0.25, 0.3) is 0 Å². The molecule has 136 valence electrons. The summed E-state index contributed by atoms with van der Waals surface area (Å²) < 4.78 is 0. The lowest BCUT2D eigenvalue weighted by atomic mass is 9.82. The summed E-state index contributed by atoms with van der Waals surface area (Å²) in [6.07, 6.45) is 0.744. The fourth-order valence-corrected chi connectivity index (χ4v) is 6.19. The second kappa shape index (κ2) is 5.67. The number of hydrogen-bond acceptors (Lipinski definition) is 6. The number of hydrogen-bond donors (Lipinski definition) is 2. The number of aliphatic carboxylic acids is 1. The number of aliphatic hydroxyl groups is 1. The van der Waals surface area contributed by atoms with Gasteiger partial charge in [0.15, 0.2) is 0 Å². The molecule has 0 aromatic carbocycles. The van der Waals surface area contributed by atoms with Crippen molar-refractivity contribution in [3.8, 4) is 0 Å². The van der Waals surface area contributed by atoms with E-state index in [-0.39, 0.29) is 23.7 Å². The largest absolute Gasteiger partial charge is 0.477 e. The van der Waals surface area contributed by atoms with Gasteiger partial charge in [-0.3, -0.25) is 4.79 Å². The number of rotatable bonds is 4. The number of β-lactam (4-membered cyclic amide) rings is 1. The Bertz CT molecular complexity index is 717. The lowest BCUT2D eigenvalue weighted by molar-refractivity contribution is -0.161. The highest BCUT2D eigenvalue weighted by atomic mass is 32.2. The van der Waals surface area contributed by atoms with Gasteiger partial charge in [0.05, 0.1) is 35.8 Å². The summed E-state index contributed by atoms with van der Waals surface area (Å²) in [4.78, 5) is 30.2. The molecule has 25 heavy (non-hydrogen) atoms. The number of carboxylic acids is 1. The van der Waals surface area contributed by atoms with Crippen LogP contribution in [0.15, 0.2) is 22.0 Å². The molecule has 4 aliphatic heterocycles. The van der Waals surface area contributed by atoms with Crippen LogP contribution in [0.5, 0.6) is 0 Å². The molecule has 2 fully saturated rings. The van der Waals surface area contributed by atoms with Crippen LogP contribution in [0.3, 0.4) is 0 Å². The average molecular weight is 365 g/mol. The second-order valence-corrected chi connectivity index (χ2v) is 8.18. The molecule has 4 atom stereocenters. The summed E-state index contributed by atoms with van der Waals surface area (Å²) in [6, 6.07) is -0.205. The number of fused-ring (bicyclic) bond motifs is 2. The Morgan fingerprint density at radius 1 is 1.44 bits per heavy atom. The first kappa shape index (κ1) is 16.8. The van der Waals surface area contributed by atoms with Crippen LogP contribution in [0.4, 0.5) is 0 Å². The standard InChI is InChI=1S/C17H23N3O4S/c1-4-10-16-19(7-18(10)3)12(6-25-16)9-5-11-13(8(2)21)15(22)20(11)14(9)17(23)24/h8,11-13,21H,4-7H2,1-3H3,(H,23,24)/t8-,11-,12?,13-/m1/s1. The Hall–Kier alpha value is -1.67. The summed E-state index contributed by atoms with van der Waals surface area (Å²) in [5.41, 5.74) is 2.28. The van der Waals surface area contributed by atoms with Crippen molar-refractivity contribution in [2.24, 2.45) is 5.92 Å². The maximum Gasteiger partial charge on any atom is 0.352 e. The Labute approximate surface area is 150 Å². The Morgan fingerprint density at radius 2 is 2.16 bits per heavy atom. The molecule has 0 aromatic rings. The molecule has 0 radical (unpaired) electrons. The van der Waals surface area contributed by atoms with E-state index in [0.29, 0.717) is 6.42 Å². The Balaban J connectivity index is 1.68. The summed E-state index contributed by atoms with van der Waals surface area (Å²) in [5.74, 6) is -0.974. The van der Waals surface area contributed by atoms with E-state index < -0.39 is 18.0 Å². The first-order chi connectivity index (χ1) is 11.9. The molecule has 8 heteroatoms. The van der Waals surface area contributed by atoms with Crippen molar-refractivity contribution in [1.29, 1.82) is 0 Å². The minimum atomic E-state index is -1.04. The number of aliphatic hydroxyl groups excluding tert-OH is 1. The highest BCUT2D eigenvalue weighted by Crippen LogP contribution is 2.50. The lowest BCUT2D eigenvalue weighted by Crippen LogP contribution is -2.61. The van der Waals surface area contributed by atoms with Gasteiger partial charge in [-0.25, -0.2) is 4.79 Å². The third kappa shape index (κ3) is 2.16. The van der Waals surface area contributed by atoms with Gasteiger partial charge in [-0.15, -0.1) is 11.8 Å². The number of thioether (sulfide) groups is 1. The number of carbonyl (C=O) groups is 2. The molecule has 0 saturated carbocycles. The number of carboxylic acid groups (broad SMARTS) is 1. The average Bonchev–Trinajstić information content (AvgIpc) is 3.15. The highest BCUT2D eigenvalue weighted by molar-refractivity contribution is 8.03. The van der Waals surface area contributed by atoms with E-state index in [1.54, 1.807) is 18.7 Å². The minimum Gasteiger partial charge on any atom is -0.477 e. The van der Waals surface area contributed by atoms with Crippen LogP contribution < -0.4 is 0 Å². The van der Waals surface area contributed by atoms with Gasteiger partial charge in [-0.05, 0) is 25.3 Å². The van der Waals surface area contributed by atoms with Gasteiger partial charge >= 0.3 is 5.97 Å². The molecule has 4 heterocycles. The van der Waals surface area contributed by atoms with Crippen molar-refractivity contribution < 1.29 is 19.8 Å². The van der Waals surface area contributed by atoms with Crippen molar-refractivity contribution >= 4 is 23.6 Å². The minimum absolute atomic E-state index is 0.00523. The fraction of sp³-hybridized carbons (Fsp3) is 0.647. The predicted octanol–water partition coefficient (Wildman–Crippen LogP) is 0.836. The molecule has 0 spiro atoms. The van der Waals surface area contributed by atoms with E-state index in [1.807, 2.05) is 0 Å². The first-order valence-electron chi connectivity index (χ1n) is 8.68. The van der Waals surface area contributed by atoms with E-state index in [1.165, 1.54) is 15.6 Å². The first-order valence-corrected chi connectivity index (χ1v) is 9.66. The number of allylic oxidation sites excluding steroid dienone is 1. The number of nitrogens with zero attached hydrogens (tertiary/aromatic N) is 3. The van der Waals surface area contributed by atoms with Crippen LogP contribution >= 0.6 is 11.8 Å². The van der Waals surface area contributed by atoms with Crippen molar-refractivity contribution in [1.82, 2.24) is 14.7 Å². The van der Waals surface area contributed by atoms with Crippen LogP contribution in [-0.2, 0) is 9.59 Å². The van der Waals surface area contributed by atoms with Gasteiger partial charge in [0.2, 0.25) is 5.91 Å². The molecule has 1 amide bonds. The normalized spacial score (nSPS) is 32.4. The Kier molecular flexibility index (Phi) is 3.81. The summed E-state index contributed by atoms with van der Waals surface area (Å²) in [5, 5.41) is 20.8. The van der Waals surface area contributed by atoms with Crippen molar-refractivity contribution in [2.75, 3.05) is 19.5 Å². The molecule has 0 aromatic heterocycles. The van der Waals surface area contributed by atoms with Crippen molar-refractivity contribution in [2.45, 2.75) is 44.9 Å². The van der Waals surface area contributed by atoms with E-state index in [9.17, 15) is 19.8 Å². The van der Waals surface area contributed by atoms with Crippen LogP contribution in [-0.4, -0.2) is 74.4 Å². The molecule has 0 aliphatic carbocycles. The molecule has 2 saturated heterocycles. The molecule has 0 bridgehead atoms. The van der Waals surface area contributed by atoms with Crippen LogP contribution in [0.2, 0.25) is 0 Å². The van der Waals surface area contributed by atoms with Crippen molar-refractivity contribution in [3.05, 3.63) is 22.0 Å². The second-order valence-electron chi connectivity index (χ2n) is 7.17. The van der Waals surface area contributed by atoms with Gasteiger partial charge < -0.3 is 24.9 Å². The van der Waals surface area contributed by atoms with E-state index in [2.05, 4.69) is 23.8 Å². The summed E-state index contributed by atoms with van der Waals surface area (Å²) in [7, 11) is 2.06. The Morgan fingerprint density at radius 3 is 2.76 bits per heavy atom. The molecule has 7 nitrogen and oxygen atoms in total. The zero-order chi connectivity index (χ0) is 18.0. The zero-order valence-electron chi connectivity index (χ0n) is 14.6. The maximum atomic E-state index is 12.4. The van der Waals surface area contributed by atoms with E-state index >= 15 is 0 Å². The van der Waals surface area contributed by atoms with Gasteiger partial charge in [-0.2, -0.15) is 0 Å². The van der Waals surface area contributed by atoms with Crippen molar-refractivity contribution in [3.63, 3.8) is 0 Å².